The van der Waals surface area contributed by atoms with Crippen molar-refractivity contribution in [1.82, 2.24) is 20.1 Å². The number of amides is 1. The van der Waals surface area contributed by atoms with Crippen molar-refractivity contribution in [3.8, 4) is 11.3 Å². The number of aromatic amines is 1. The lowest BCUT2D eigenvalue weighted by Crippen LogP contribution is -2.39. The number of halogens is 2. The van der Waals surface area contributed by atoms with E-state index in [9.17, 15) is 9.18 Å². The van der Waals surface area contributed by atoms with Crippen molar-refractivity contribution in [3.63, 3.8) is 0 Å². The van der Waals surface area contributed by atoms with Gasteiger partial charge in [-0.15, -0.1) is 0 Å². The minimum Gasteiger partial charge on any atom is -0.445 e. The van der Waals surface area contributed by atoms with Crippen LogP contribution in [0.5, 0.6) is 0 Å². The Balaban J connectivity index is 1.27. The molecule has 5 rings (SSSR count). The molecule has 0 unspecified atom stereocenters. The normalized spacial score (nSPS) is 16.2. The zero-order valence-electron chi connectivity index (χ0n) is 17.8. The average molecular weight is 465 g/mol. The van der Waals surface area contributed by atoms with Crippen LogP contribution in [0.3, 0.4) is 0 Å². The van der Waals surface area contributed by atoms with Gasteiger partial charge < -0.3 is 9.32 Å². The SMILES string of the molecule is O=C(c1cc(-c2ccccc2F)n[nH]1)N1CCC[C@H](c2ncc(Cc3cccc(Cl)c3)o2)C1. The molecule has 2 aromatic heterocycles. The Kier molecular flexibility index (Phi) is 5.96. The largest absolute Gasteiger partial charge is 0.445 e. The highest BCUT2D eigenvalue weighted by atomic mass is 35.5. The van der Waals surface area contributed by atoms with Gasteiger partial charge in [-0.25, -0.2) is 9.37 Å². The maximum absolute atomic E-state index is 14.1. The molecule has 1 aliphatic heterocycles. The zero-order chi connectivity index (χ0) is 22.8. The van der Waals surface area contributed by atoms with Gasteiger partial charge in [-0.3, -0.25) is 9.89 Å². The van der Waals surface area contributed by atoms with E-state index in [2.05, 4.69) is 15.2 Å². The number of carbonyl (C=O) groups is 1. The van der Waals surface area contributed by atoms with Crippen LogP contribution in [0.15, 0.2) is 65.2 Å². The Bertz CT molecular complexity index is 1280. The lowest BCUT2D eigenvalue weighted by Gasteiger charge is -2.30. The van der Waals surface area contributed by atoms with E-state index in [1.165, 1.54) is 6.07 Å². The Morgan fingerprint density at radius 1 is 1.21 bits per heavy atom. The first-order valence-corrected chi connectivity index (χ1v) is 11.2. The van der Waals surface area contributed by atoms with Crippen molar-refractivity contribution in [1.29, 1.82) is 0 Å². The average Bonchev–Trinajstić information content (AvgIpc) is 3.49. The molecular weight excluding hydrogens is 443 g/mol. The number of likely N-dealkylation sites (tertiary alicyclic amines) is 1. The molecule has 1 N–H and O–H groups in total. The van der Waals surface area contributed by atoms with Crippen molar-refractivity contribution in [3.05, 3.63) is 94.5 Å². The van der Waals surface area contributed by atoms with Gasteiger partial charge in [0.25, 0.3) is 5.91 Å². The summed E-state index contributed by atoms with van der Waals surface area (Å²) in [4.78, 5) is 19.3. The van der Waals surface area contributed by atoms with E-state index in [1.54, 1.807) is 35.4 Å². The molecule has 1 aliphatic rings. The summed E-state index contributed by atoms with van der Waals surface area (Å²) < 4.78 is 20.1. The minimum absolute atomic E-state index is 0.0183. The van der Waals surface area contributed by atoms with E-state index in [1.807, 2.05) is 24.3 Å². The number of nitrogens with one attached hydrogen (secondary N) is 1. The smallest absolute Gasteiger partial charge is 0.271 e. The highest BCUT2D eigenvalue weighted by Crippen LogP contribution is 2.29. The van der Waals surface area contributed by atoms with Crippen LogP contribution in [-0.4, -0.2) is 39.1 Å². The monoisotopic (exact) mass is 464 g/mol. The lowest BCUT2D eigenvalue weighted by atomic mass is 9.97. The third kappa shape index (κ3) is 4.68. The fourth-order valence-electron chi connectivity index (χ4n) is 4.21. The van der Waals surface area contributed by atoms with E-state index in [4.69, 9.17) is 16.0 Å². The number of H-pyrrole nitrogens is 1. The summed E-state index contributed by atoms with van der Waals surface area (Å²) in [7, 11) is 0. The molecule has 6 nitrogen and oxygen atoms in total. The van der Waals surface area contributed by atoms with Gasteiger partial charge in [0.05, 0.1) is 17.8 Å². The summed E-state index contributed by atoms with van der Waals surface area (Å²) >= 11 is 6.07. The molecule has 1 fully saturated rings. The van der Waals surface area contributed by atoms with Crippen LogP contribution in [0.1, 0.15) is 46.5 Å². The van der Waals surface area contributed by atoms with E-state index < -0.39 is 0 Å². The van der Waals surface area contributed by atoms with Gasteiger partial charge in [0.2, 0.25) is 0 Å². The molecule has 2 aromatic carbocycles. The predicted octanol–water partition coefficient (Wildman–Crippen LogP) is 5.47. The standard InChI is InChI=1S/C25H22ClFN4O2/c26-18-7-3-5-16(11-18)12-19-14-28-24(33-19)17-6-4-10-31(15-17)25(32)23-13-22(29-30-23)20-8-1-2-9-21(20)27/h1-3,5,7-9,11,13-14,17H,4,6,10,12,15H2,(H,29,30)/t17-/m0/s1. The van der Waals surface area contributed by atoms with Crippen LogP contribution in [0.2, 0.25) is 5.02 Å². The molecule has 4 aromatic rings. The maximum atomic E-state index is 14.1. The van der Waals surface area contributed by atoms with E-state index >= 15 is 0 Å². The van der Waals surface area contributed by atoms with Gasteiger partial charge in [-0.1, -0.05) is 35.9 Å². The maximum Gasteiger partial charge on any atom is 0.271 e. The fraction of sp³-hybridized carbons (Fsp3) is 0.240. The van der Waals surface area contributed by atoms with E-state index in [0.29, 0.717) is 47.4 Å². The third-order valence-electron chi connectivity index (χ3n) is 5.85. The van der Waals surface area contributed by atoms with Crippen molar-refractivity contribution < 1.29 is 13.6 Å². The number of rotatable bonds is 5. The topological polar surface area (TPSA) is 75.0 Å². The quantitative estimate of drug-likeness (QED) is 0.425. The Hall–Kier alpha value is -3.45. The fourth-order valence-corrected chi connectivity index (χ4v) is 4.43. The molecule has 0 spiro atoms. The summed E-state index contributed by atoms with van der Waals surface area (Å²) in [5.41, 5.74) is 2.15. The van der Waals surface area contributed by atoms with Crippen molar-refractivity contribution in [2.75, 3.05) is 13.1 Å². The molecule has 0 aliphatic carbocycles. The van der Waals surface area contributed by atoms with Gasteiger partial charge >= 0.3 is 0 Å². The second-order valence-corrected chi connectivity index (χ2v) is 8.64. The van der Waals surface area contributed by atoms with Gasteiger partial charge in [0.1, 0.15) is 17.3 Å². The van der Waals surface area contributed by atoms with Crippen LogP contribution >= 0.6 is 11.6 Å². The second kappa shape index (κ2) is 9.19. The summed E-state index contributed by atoms with van der Waals surface area (Å²) in [6.07, 6.45) is 4.09. The summed E-state index contributed by atoms with van der Waals surface area (Å²) in [6.45, 7) is 1.14. The van der Waals surface area contributed by atoms with Gasteiger partial charge in [0.15, 0.2) is 5.89 Å². The number of nitrogens with zero attached hydrogens (tertiary/aromatic N) is 3. The molecular formula is C25H22ClFN4O2. The summed E-state index contributed by atoms with van der Waals surface area (Å²) in [6, 6.07) is 15.6. The van der Waals surface area contributed by atoms with Crippen LogP contribution in [0, 0.1) is 5.82 Å². The number of carbonyl (C=O) groups excluding carboxylic acids is 1. The predicted molar refractivity (Wildman–Crippen MR) is 123 cm³/mol. The first kappa shape index (κ1) is 21.4. The molecule has 1 amide bonds. The summed E-state index contributed by atoms with van der Waals surface area (Å²) in [5.74, 6) is 0.878. The van der Waals surface area contributed by atoms with Crippen LogP contribution in [0.4, 0.5) is 4.39 Å². The highest BCUT2D eigenvalue weighted by Gasteiger charge is 2.29. The number of benzene rings is 2. The zero-order valence-corrected chi connectivity index (χ0v) is 18.6. The van der Waals surface area contributed by atoms with E-state index in [-0.39, 0.29) is 17.6 Å². The first-order valence-electron chi connectivity index (χ1n) is 10.9. The van der Waals surface area contributed by atoms with Crippen LogP contribution in [-0.2, 0) is 6.42 Å². The van der Waals surface area contributed by atoms with Gasteiger partial charge in [-0.05, 0) is 48.7 Å². The van der Waals surface area contributed by atoms with Crippen molar-refractivity contribution >= 4 is 17.5 Å². The van der Waals surface area contributed by atoms with Crippen LogP contribution in [0.25, 0.3) is 11.3 Å². The molecule has 0 bridgehead atoms. The van der Waals surface area contributed by atoms with E-state index in [0.717, 1.165) is 24.2 Å². The molecule has 0 saturated carbocycles. The Morgan fingerprint density at radius 3 is 2.94 bits per heavy atom. The Labute approximate surface area is 195 Å². The first-order chi connectivity index (χ1) is 16.1. The number of hydrogen-bond acceptors (Lipinski definition) is 4. The highest BCUT2D eigenvalue weighted by molar-refractivity contribution is 6.30. The number of piperidine rings is 1. The molecule has 1 saturated heterocycles. The molecule has 168 valence electrons. The molecule has 3 heterocycles. The molecule has 33 heavy (non-hydrogen) atoms. The number of hydrogen-bond donors (Lipinski definition) is 1. The Morgan fingerprint density at radius 2 is 2.09 bits per heavy atom. The third-order valence-corrected chi connectivity index (χ3v) is 6.09. The summed E-state index contributed by atoms with van der Waals surface area (Å²) in [5, 5.41) is 7.58. The number of oxazole rings is 1. The van der Waals surface area contributed by atoms with Gasteiger partial charge in [-0.2, -0.15) is 5.10 Å². The minimum atomic E-state index is -0.376. The molecule has 0 radical (unpaired) electrons. The van der Waals surface area contributed by atoms with Crippen molar-refractivity contribution in [2.24, 2.45) is 0 Å². The molecule has 8 heteroatoms. The van der Waals surface area contributed by atoms with Crippen molar-refractivity contribution in [2.45, 2.75) is 25.2 Å². The second-order valence-electron chi connectivity index (χ2n) is 8.21. The van der Waals surface area contributed by atoms with Gasteiger partial charge in [0, 0.05) is 30.1 Å². The van der Waals surface area contributed by atoms with Crippen LogP contribution < -0.4 is 0 Å². The lowest BCUT2D eigenvalue weighted by molar-refractivity contribution is 0.0692. The number of aromatic nitrogens is 3. The molecule has 1 atom stereocenters.